The largest absolute Gasteiger partial charge is 0.352 e. The molecule has 6 nitrogen and oxygen atoms in total. The number of hydrogen-bond acceptors (Lipinski definition) is 4. The summed E-state index contributed by atoms with van der Waals surface area (Å²) in [6.45, 7) is 4.16. The summed E-state index contributed by atoms with van der Waals surface area (Å²) in [5.74, 6) is 0.0964. The zero-order valence-corrected chi connectivity index (χ0v) is 14.4. The molecule has 0 saturated carbocycles. The molecule has 24 heavy (non-hydrogen) atoms. The molecular weight excluding hydrogens is 302 g/mol. The number of rotatable bonds is 6. The first-order valence-corrected chi connectivity index (χ1v) is 8.54. The van der Waals surface area contributed by atoms with E-state index in [1.165, 1.54) is 5.56 Å². The van der Waals surface area contributed by atoms with Gasteiger partial charge in [-0.3, -0.25) is 14.4 Å². The normalized spacial score (nSPS) is 21.1. The lowest BCUT2D eigenvalue weighted by Gasteiger charge is -2.25. The molecule has 1 saturated heterocycles. The maximum absolute atomic E-state index is 12.2. The lowest BCUT2D eigenvalue weighted by atomic mass is 10.1. The van der Waals surface area contributed by atoms with Crippen molar-refractivity contribution < 1.29 is 4.79 Å². The van der Waals surface area contributed by atoms with Crippen LogP contribution in [0.1, 0.15) is 31.0 Å². The molecule has 1 N–H and O–H groups in total. The van der Waals surface area contributed by atoms with Crippen LogP contribution in [0.25, 0.3) is 0 Å². The first-order valence-electron chi connectivity index (χ1n) is 8.54. The highest BCUT2D eigenvalue weighted by Crippen LogP contribution is 2.20. The van der Waals surface area contributed by atoms with Crippen molar-refractivity contribution in [3.63, 3.8) is 0 Å². The van der Waals surface area contributed by atoms with E-state index in [0.29, 0.717) is 18.9 Å². The zero-order valence-electron chi connectivity index (χ0n) is 14.4. The molecule has 1 aliphatic rings. The Labute approximate surface area is 142 Å². The SMILES string of the molecule is CC1C(NC(=O)CCc2cn(C)nn2)CCN1Cc1ccccc1. The van der Waals surface area contributed by atoms with Crippen LogP contribution in [-0.4, -0.2) is 44.4 Å². The van der Waals surface area contributed by atoms with Crippen LogP contribution in [0.4, 0.5) is 0 Å². The maximum Gasteiger partial charge on any atom is 0.220 e. The Morgan fingerprint density at radius 3 is 2.83 bits per heavy atom. The molecule has 1 aliphatic heterocycles. The summed E-state index contributed by atoms with van der Waals surface area (Å²) in [5, 5.41) is 11.1. The summed E-state index contributed by atoms with van der Waals surface area (Å²) < 4.78 is 1.66. The number of carbonyl (C=O) groups is 1. The monoisotopic (exact) mass is 327 g/mol. The number of nitrogens with zero attached hydrogens (tertiary/aromatic N) is 4. The van der Waals surface area contributed by atoms with Gasteiger partial charge in [-0.15, -0.1) is 5.10 Å². The molecule has 2 unspecified atom stereocenters. The molecule has 0 radical (unpaired) electrons. The fourth-order valence-corrected chi connectivity index (χ4v) is 3.27. The molecule has 3 rings (SSSR count). The van der Waals surface area contributed by atoms with Gasteiger partial charge in [-0.25, -0.2) is 0 Å². The van der Waals surface area contributed by atoms with Crippen molar-refractivity contribution in [1.82, 2.24) is 25.2 Å². The lowest BCUT2D eigenvalue weighted by Crippen LogP contribution is -2.43. The van der Waals surface area contributed by atoms with Crippen LogP contribution < -0.4 is 5.32 Å². The van der Waals surface area contributed by atoms with Crippen molar-refractivity contribution >= 4 is 5.91 Å². The zero-order chi connectivity index (χ0) is 16.9. The van der Waals surface area contributed by atoms with Gasteiger partial charge in [0.1, 0.15) is 0 Å². The number of hydrogen-bond donors (Lipinski definition) is 1. The molecule has 2 aromatic rings. The molecule has 1 aromatic carbocycles. The summed E-state index contributed by atoms with van der Waals surface area (Å²) in [6, 6.07) is 11.1. The van der Waals surface area contributed by atoms with Crippen LogP contribution >= 0.6 is 0 Å². The Bertz CT molecular complexity index is 669. The Morgan fingerprint density at radius 2 is 2.12 bits per heavy atom. The van der Waals surface area contributed by atoms with Crippen LogP contribution in [0.5, 0.6) is 0 Å². The van der Waals surface area contributed by atoms with Crippen LogP contribution in [0.2, 0.25) is 0 Å². The van der Waals surface area contributed by atoms with Crippen molar-refractivity contribution in [1.29, 1.82) is 0 Å². The van der Waals surface area contributed by atoms with Gasteiger partial charge in [0, 0.05) is 51.3 Å². The predicted octanol–water partition coefficient (Wildman–Crippen LogP) is 1.53. The van der Waals surface area contributed by atoms with Crippen molar-refractivity contribution in [2.75, 3.05) is 6.54 Å². The number of aromatic nitrogens is 3. The molecule has 1 amide bonds. The Balaban J connectivity index is 1.46. The molecule has 0 aliphatic carbocycles. The third kappa shape index (κ3) is 4.20. The topological polar surface area (TPSA) is 63.1 Å². The van der Waals surface area contributed by atoms with Gasteiger partial charge in [0.05, 0.1) is 5.69 Å². The molecule has 6 heteroatoms. The van der Waals surface area contributed by atoms with Crippen LogP contribution in [0.15, 0.2) is 36.5 Å². The fourth-order valence-electron chi connectivity index (χ4n) is 3.27. The van der Waals surface area contributed by atoms with Gasteiger partial charge in [0.2, 0.25) is 5.91 Å². The van der Waals surface area contributed by atoms with E-state index >= 15 is 0 Å². The van der Waals surface area contributed by atoms with Crippen LogP contribution in [0.3, 0.4) is 0 Å². The quantitative estimate of drug-likeness (QED) is 0.874. The van der Waals surface area contributed by atoms with Crippen molar-refractivity contribution in [2.45, 2.75) is 44.8 Å². The number of carbonyl (C=O) groups excluding carboxylic acids is 1. The van der Waals surface area contributed by atoms with Crippen LogP contribution in [0, 0.1) is 0 Å². The van der Waals surface area contributed by atoms with Gasteiger partial charge in [-0.2, -0.15) is 0 Å². The van der Waals surface area contributed by atoms with Gasteiger partial charge in [-0.1, -0.05) is 35.5 Å². The van der Waals surface area contributed by atoms with Crippen molar-refractivity contribution in [2.24, 2.45) is 7.05 Å². The van der Waals surface area contributed by atoms with Gasteiger partial charge >= 0.3 is 0 Å². The molecule has 2 atom stereocenters. The first kappa shape index (κ1) is 16.6. The van der Waals surface area contributed by atoms with E-state index in [0.717, 1.165) is 25.2 Å². The number of nitrogens with one attached hydrogen (secondary N) is 1. The highest BCUT2D eigenvalue weighted by atomic mass is 16.1. The molecule has 2 heterocycles. The third-order valence-corrected chi connectivity index (χ3v) is 4.72. The summed E-state index contributed by atoms with van der Waals surface area (Å²) in [6.07, 6.45) is 3.95. The van der Waals surface area contributed by atoms with E-state index in [1.54, 1.807) is 4.68 Å². The minimum Gasteiger partial charge on any atom is -0.352 e. The Hall–Kier alpha value is -2.21. The average molecular weight is 327 g/mol. The van der Waals surface area contributed by atoms with Crippen molar-refractivity contribution in [3.05, 3.63) is 47.8 Å². The molecular formula is C18H25N5O. The maximum atomic E-state index is 12.2. The Morgan fingerprint density at radius 1 is 1.33 bits per heavy atom. The van der Waals surface area contributed by atoms with Crippen LogP contribution in [-0.2, 0) is 24.8 Å². The number of amides is 1. The molecule has 0 bridgehead atoms. The van der Waals surface area contributed by atoms with Gasteiger partial charge < -0.3 is 5.32 Å². The second kappa shape index (κ2) is 7.57. The first-order chi connectivity index (χ1) is 11.6. The molecule has 1 aromatic heterocycles. The molecule has 0 spiro atoms. The number of likely N-dealkylation sites (tertiary alicyclic amines) is 1. The molecule has 1 fully saturated rings. The van der Waals surface area contributed by atoms with E-state index in [1.807, 2.05) is 19.3 Å². The average Bonchev–Trinajstić information content (AvgIpc) is 3.14. The van der Waals surface area contributed by atoms with Gasteiger partial charge in [-0.05, 0) is 18.9 Å². The summed E-state index contributed by atoms with van der Waals surface area (Å²) in [5.41, 5.74) is 2.18. The Kier molecular flexibility index (Phi) is 5.25. The number of aryl methyl sites for hydroxylation is 2. The summed E-state index contributed by atoms with van der Waals surface area (Å²) in [7, 11) is 1.83. The smallest absolute Gasteiger partial charge is 0.220 e. The summed E-state index contributed by atoms with van der Waals surface area (Å²) in [4.78, 5) is 14.6. The van der Waals surface area contributed by atoms with Crippen molar-refractivity contribution in [3.8, 4) is 0 Å². The second-order valence-electron chi connectivity index (χ2n) is 6.54. The molecule has 128 valence electrons. The van der Waals surface area contributed by atoms with Gasteiger partial charge in [0.15, 0.2) is 0 Å². The standard InChI is InChI=1S/C18H25N5O/c1-14-17(10-11-23(14)12-15-6-4-3-5-7-15)19-18(24)9-8-16-13-22(2)21-20-16/h3-7,13-14,17H,8-12H2,1-2H3,(H,19,24). The van der Waals surface area contributed by atoms with Gasteiger partial charge in [0.25, 0.3) is 0 Å². The van der Waals surface area contributed by atoms with E-state index < -0.39 is 0 Å². The summed E-state index contributed by atoms with van der Waals surface area (Å²) >= 11 is 0. The minimum atomic E-state index is 0.0964. The van der Waals surface area contributed by atoms with E-state index in [-0.39, 0.29) is 11.9 Å². The highest BCUT2D eigenvalue weighted by Gasteiger charge is 2.31. The highest BCUT2D eigenvalue weighted by molar-refractivity contribution is 5.76. The van der Waals surface area contributed by atoms with E-state index in [2.05, 4.69) is 51.7 Å². The van der Waals surface area contributed by atoms with E-state index in [4.69, 9.17) is 0 Å². The van der Waals surface area contributed by atoms with E-state index in [9.17, 15) is 4.79 Å². The lowest BCUT2D eigenvalue weighted by molar-refractivity contribution is -0.121. The second-order valence-corrected chi connectivity index (χ2v) is 6.54. The predicted molar refractivity (Wildman–Crippen MR) is 92.2 cm³/mol. The third-order valence-electron chi connectivity index (χ3n) is 4.72. The fraction of sp³-hybridized carbons (Fsp3) is 0.500. The number of benzene rings is 1. The minimum absolute atomic E-state index is 0.0964.